The summed E-state index contributed by atoms with van der Waals surface area (Å²) in [5.74, 6) is 0. The molecule has 2 aromatic carbocycles. The number of hydrogen-bond acceptors (Lipinski definition) is 2. The topological polar surface area (TPSA) is 46.5 Å². The van der Waals surface area contributed by atoms with Crippen LogP contribution in [-0.4, -0.2) is 11.3 Å². The minimum atomic E-state index is -1.28. The average molecular weight is 282 g/mol. The fourth-order valence-corrected chi connectivity index (χ4v) is 2.25. The Hall–Kier alpha value is -2.55. The van der Waals surface area contributed by atoms with E-state index in [2.05, 4.69) is 0 Å². The quantitative estimate of drug-likeness (QED) is 0.808. The Balaban J connectivity index is 2.40. The number of carbonyl (C=O) groups is 1. The summed E-state index contributed by atoms with van der Waals surface area (Å²) in [6, 6.07) is 19.1. The van der Waals surface area contributed by atoms with Crippen molar-refractivity contribution in [2.24, 2.45) is 0 Å². The molecule has 0 bridgehead atoms. The highest BCUT2D eigenvalue weighted by molar-refractivity contribution is 5.60. The smallest absolute Gasteiger partial charge is 0.450 e. The van der Waals surface area contributed by atoms with Crippen LogP contribution >= 0.6 is 0 Å². The summed E-state index contributed by atoms with van der Waals surface area (Å²) in [5.41, 5.74) is 0.852. The van der Waals surface area contributed by atoms with Gasteiger partial charge in [0, 0.05) is 0 Å². The minimum Gasteiger partial charge on any atom is -0.450 e. The number of ether oxygens (including phenoxy) is 1. The minimum absolute atomic E-state index is 0.520. The van der Waals surface area contributed by atoms with Gasteiger partial charge in [-0.25, -0.2) is 4.79 Å². The molecule has 2 aromatic rings. The summed E-state index contributed by atoms with van der Waals surface area (Å²) in [5, 5.41) is 9.08. The van der Waals surface area contributed by atoms with Crippen molar-refractivity contribution in [1.82, 2.24) is 0 Å². The molecule has 0 saturated carbocycles. The van der Waals surface area contributed by atoms with E-state index in [9.17, 15) is 4.79 Å². The molecule has 0 aliphatic rings. The molecule has 0 heterocycles. The van der Waals surface area contributed by atoms with E-state index in [1.165, 1.54) is 0 Å². The summed E-state index contributed by atoms with van der Waals surface area (Å²) >= 11 is 0. The first-order chi connectivity index (χ1) is 10.2. The highest BCUT2D eigenvalue weighted by atomic mass is 16.7. The molecule has 2 rings (SSSR count). The molecule has 0 aliphatic carbocycles. The van der Waals surface area contributed by atoms with Gasteiger partial charge >= 0.3 is 6.16 Å². The van der Waals surface area contributed by atoms with Crippen LogP contribution in [0.5, 0.6) is 0 Å². The summed E-state index contributed by atoms with van der Waals surface area (Å²) < 4.78 is 5.22. The van der Waals surface area contributed by atoms with Crippen LogP contribution in [0.3, 0.4) is 0 Å². The molecule has 0 aliphatic heterocycles. The van der Waals surface area contributed by atoms with E-state index >= 15 is 0 Å². The van der Waals surface area contributed by atoms with E-state index in [0.29, 0.717) is 6.42 Å². The van der Waals surface area contributed by atoms with Crippen molar-refractivity contribution >= 4 is 12.2 Å². The molecular formula is C18H18O3. The third kappa shape index (κ3) is 3.72. The largest absolute Gasteiger partial charge is 0.506 e. The first-order valence-corrected chi connectivity index (χ1v) is 6.88. The molecule has 3 heteroatoms. The standard InChI is InChI=1S/C18H18O3/c1-2-18(21-17(19)20,16-11-7-4-8-12-16)14-13-15-9-5-3-6-10-15/h3-14H,2H2,1H3,(H,19,20). The van der Waals surface area contributed by atoms with E-state index in [-0.39, 0.29) is 0 Å². The first-order valence-electron chi connectivity index (χ1n) is 6.88. The van der Waals surface area contributed by atoms with Crippen LogP contribution in [0.2, 0.25) is 0 Å². The van der Waals surface area contributed by atoms with Crippen molar-refractivity contribution in [2.75, 3.05) is 0 Å². The lowest BCUT2D eigenvalue weighted by molar-refractivity contribution is 0.00588. The molecule has 21 heavy (non-hydrogen) atoms. The first kappa shape index (κ1) is 14.9. The predicted octanol–water partition coefficient (Wildman–Crippen LogP) is 4.70. The van der Waals surface area contributed by atoms with Gasteiger partial charge in [0.25, 0.3) is 0 Å². The summed E-state index contributed by atoms with van der Waals surface area (Å²) in [6.07, 6.45) is 2.94. The van der Waals surface area contributed by atoms with Gasteiger partial charge in [0.05, 0.1) is 0 Å². The molecule has 0 fully saturated rings. The van der Waals surface area contributed by atoms with Crippen LogP contribution in [0, 0.1) is 0 Å². The maximum Gasteiger partial charge on any atom is 0.506 e. The van der Waals surface area contributed by atoms with Gasteiger partial charge in [-0.1, -0.05) is 73.7 Å². The molecular weight excluding hydrogens is 264 g/mol. The lowest BCUT2D eigenvalue weighted by atomic mass is 9.89. The van der Waals surface area contributed by atoms with Gasteiger partial charge in [0.15, 0.2) is 5.60 Å². The van der Waals surface area contributed by atoms with Crippen molar-refractivity contribution in [3.05, 3.63) is 77.9 Å². The Morgan fingerprint density at radius 1 is 1.10 bits per heavy atom. The Kier molecular flexibility index (Phi) is 4.77. The lowest BCUT2D eigenvalue weighted by Crippen LogP contribution is -2.29. The summed E-state index contributed by atoms with van der Waals surface area (Å²) in [6.45, 7) is 1.91. The van der Waals surface area contributed by atoms with Gasteiger partial charge in [-0.15, -0.1) is 0 Å². The molecule has 0 spiro atoms. The van der Waals surface area contributed by atoms with Gasteiger partial charge < -0.3 is 9.84 Å². The fourth-order valence-electron chi connectivity index (χ4n) is 2.25. The predicted molar refractivity (Wildman–Crippen MR) is 83.0 cm³/mol. The van der Waals surface area contributed by atoms with Crippen molar-refractivity contribution in [3.63, 3.8) is 0 Å². The number of hydrogen-bond donors (Lipinski definition) is 1. The van der Waals surface area contributed by atoms with Gasteiger partial charge in [0.2, 0.25) is 0 Å². The Morgan fingerprint density at radius 2 is 1.67 bits per heavy atom. The highest BCUT2D eigenvalue weighted by Crippen LogP contribution is 2.32. The van der Waals surface area contributed by atoms with Crippen molar-refractivity contribution in [3.8, 4) is 0 Å². The maximum absolute atomic E-state index is 11.1. The Labute approximate surface area is 124 Å². The zero-order valence-electron chi connectivity index (χ0n) is 11.9. The zero-order chi connectivity index (χ0) is 15.1. The summed E-state index contributed by atoms with van der Waals surface area (Å²) in [4.78, 5) is 11.1. The molecule has 0 amide bonds. The van der Waals surface area contributed by atoms with Gasteiger partial charge in [-0.05, 0) is 23.6 Å². The van der Waals surface area contributed by atoms with Crippen LogP contribution in [0.1, 0.15) is 24.5 Å². The number of carboxylic acid groups (broad SMARTS) is 1. The fraction of sp³-hybridized carbons (Fsp3) is 0.167. The molecule has 1 unspecified atom stereocenters. The zero-order valence-corrected chi connectivity index (χ0v) is 11.9. The summed E-state index contributed by atoms with van der Waals surface area (Å²) in [7, 11) is 0. The van der Waals surface area contributed by atoms with E-state index in [0.717, 1.165) is 11.1 Å². The van der Waals surface area contributed by atoms with Crippen LogP contribution in [0.15, 0.2) is 66.7 Å². The third-order valence-electron chi connectivity index (χ3n) is 3.40. The average Bonchev–Trinajstić information content (AvgIpc) is 2.53. The normalized spacial score (nSPS) is 13.8. The van der Waals surface area contributed by atoms with Crippen LogP contribution in [-0.2, 0) is 10.3 Å². The van der Waals surface area contributed by atoms with E-state index in [1.54, 1.807) is 0 Å². The molecule has 3 nitrogen and oxygen atoms in total. The van der Waals surface area contributed by atoms with Crippen molar-refractivity contribution in [1.29, 1.82) is 0 Å². The molecule has 1 N–H and O–H groups in total. The maximum atomic E-state index is 11.1. The molecule has 0 radical (unpaired) electrons. The van der Waals surface area contributed by atoms with E-state index < -0.39 is 11.8 Å². The second kappa shape index (κ2) is 6.75. The van der Waals surface area contributed by atoms with Gasteiger partial charge in [0.1, 0.15) is 0 Å². The van der Waals surface area contributed by atoms with E-state index in [1.807, 2.05) is 79.7 Å². The van der Waals surface area contributed by atoms with Crippen LogP contribution in [0.4, 0.5) is 4.79 Å². The molecule has 1 atom stereocenters. The lowest BCUT2D eigenvalue weighted by Gasteiger charge is -2.28. The van der Waals surface area contributed by atoms with E-state index in [4.69, 9.17) is 9.84 Å². The second-order valence-corrected chi connectivity index (χ2v) is 4.72. The monoisotopic (exact) mass is 282 g/mol. The van der Waals surface area contributed by atoms with Gasteiger partial charge in [-0.3, -0.25) is 0 Å². The van der Waals surface area contributed by atoms with Crippen molar-refractivity contribution in [2.45, 2.75) is 18.9 Å². The third-order valence-corrected chi connectivity index (χ3v) is 3.40. The van der Waals surface area contributed by atoms with Gasteiger partial charge in [-0.2, -0.15) is 0 Å². The molecule has 0 aromatic heterocycles. The SMILES string of the molecule is CCC(C=Cc1ccccc1)(OC(=O)O)c1ccccc1. The number of rotatable bonds is 5. The second-order valence-electron chi connectivity index (χ2n) is 4.72. The molecule has 0 saturated heterocycles. The molecule has 108 valence electrons. The van der Waals surface area contributed by atoms with Crippen LogP contribution in [0.25, 0.3) is 6.08 Å². The Morgan fingerprint density at radius 3 is 2.19 bits per heavy atom. The number of benzene rings is 2. The Bertz CT molecular complexity index is 605. The van der Waals surface area contributed by atoms with Crippen LogP contribution < -0.4 is 0 Å². The van der Waals surface area contributed by atoms with Crippen molar-refractivity contribution < 1.29 is 14.6 Å². The highest BCUT2D eigenvalue weighted by Gasteiger charge is 2.31.